The Hall–Kier alpha value is -2.41. The summed E-state index contributed by atoms with van der Waals surface area (Å²) in [5.74, 6) is -0.323. The van der Waals surface area contributed by atoms with Gasteiger partial charge in [0.15, 0.2) is 10.7 Å². The molecule has 7 heteroatoms. The van der Waals surface area contributed by atoms with Gasteiger partial charge >= 0.3 is 0 Å². The predicted octanol–water partition coefficient (Wildman–Crippen LogP) is 1.91. The normalized spacial score (nSPS) is 10.8. The number of thiazole rings is 1. The molecule has 3 aromatic heterocycles. The quantitative estimate of drug-likeness (QED) is 0.775. The smallest absolute Gasteiger partial charge is 0.291 e. The van der Waals surface area contributed by atoms with Crippen LogP contribution in [0.3, 0.4) is 0 Å². The summed E-state index contributed by atoms with van der Waals surface area (Å²) >= 11 is 1.36. The Kier molecular flexibility index (Phi) is 2.68. The number of nitrogens with one attached hydrogen (secondary N) is 1. The van der Waals surface area contributed by atoms with Crippen molar-refractivity contribution in [1.82, 2.24) is 9.38 Å². The van der Waals surface area contributed by atoms with Crippen LogP contribution in [0.2, 0.25) is 0 Å². The molecule has 0 aromatic carbocycles. The Balaban J connectivity index is 2.05. The average Bonchev–Trinajstić information content (AvgIpc) is 3.04. The summed E-state index contributed by atoms with van der Waals surface area (Å²) in [6, 6.07) is 3.13. The van der Waals surface area contributed by atoms with Crippen molar-refractivity contribution >= 4 is 27.9 Å². The molecule has 0 unspecified atom stereocenters. The van der Waals surface area contributed by atoms with Gasteiger partial charge in [0.05, 0.1) is 12.0 Å². The molecule has 0 aliphatic rings. The van der Waals surface area contributed by atoms with Gasteiger partial charge in [0.1, 0.15) is 5.69 Å². The van der Waals surface area contributed by atoms with Crippen LogP contribution in [0.4, 0.5) is 5.69 Å². The van der Waals surface area contributed by atoms with Crippen LogP contribution in [0.15, 0.2) is 39.2 Å². The molecule has 1 N–H and O–H groups in total. The number of furan rings is 1. The number of fused-ring (bicyclic) bond motifs is 1. The topological polar surface area (TPSA) is 76.6 Å². The van der Waals surface area contributed by atoms with Crippen LogP contribution in [-0.2, 0) is 0 Å². The van der Waals surface area contributed by atoms with E-state index in [1.807, 2.05) is 0 Å². The van der Waals surface area contributed by atoms with E-state index >= 15 is 0 Å². The fourth-order valence-corrected chi connectivity index (χ4v) is 2.46. The molecule has 0 saturated carbocycles. The molecular formula is C12H9N3O3S. The minimum atomic E-state index is -0.470. The lowest BCUT2D eigenvalue weighted by Gasteiger charge is -2.05. The van der Waals surface area contributed by atoms with Gasteiger partial charge in [-0.15, -0.1) is 11.3 Å². The van der Waals surface area contributed by atoms with Gasteiger partial charge in [0.2, 0.25) is 0 Å². The molecule has 6 nitrogen and oxygen atoms in total. The lowest BCUT2D eigenvalue weighted by molar-refractivity contribution is 0.0996. The lowest BCUT2D eigenvalue weighted by Crippen LogP contribution is -2.23. The number of nitrogens with zero attached hydrogens (tertiary/aromatic N) is 2. The average molecular weight is 275 g/mol. The van der Waals surface area contributed by atoms with Crippen LogP contribution >= 0.6 is 11.3 Å². The molecule has 0 saturated heterocycles. The molecule has 0 aliphatic carbocycles. The van der Waals surface area contributed by atoms with Crippen LogP contribution in [0.5, 0.6) is 0 Å². The molecule has 3 aromatic rings. The van der Waals surface area contributed by atoms with Gasteiger partial charge in [-0.3, -0.25) is 14.0 Å². The van der Waals surface area contributed by atoms with E-state index in [4.69, 9.17) is 4.42 Å². The maximum Gasteiger partial charge on any atom is 0.291 e. The Morgan fingerprint density at radius 3 is 3.11 bits per heavy atom. The number of carbonyl (C=O) groups excluding carboxylic acids is 1. The molecule has 3 rings (SSSR count). The lowest BCUT2D eigenvalue weighted by atomic mass is 10.3. The van der Waals surface area contributed by atoms with E-state index in [1.54, 1.807) is 24.6 Å². The molecule has 3 heterocycles. The number of hydrogen-bond acceptors (Lipinski definition) is 5. The molecule has 0 atom stereocenters. The zero-order valence-corrected chi connectivity index (χ0v) is 10.7. The Morgan fingerprint density at radius 2 is 2.37 bits per heavy atom. The van der Waals surface area contributed by atoms with Crippen LogP contribution < -0.4 is 10.9 Å². The highest BCUT2D eigenvalue weighted by molar-refractivity contribution is 7.15. The van der Waals surface area contributed by atoms with Crippen molar-refractivity contribution in [3.8, 4) is 0 Å². The maximum absolute atomic E-state index is 12.2. The Bertz CT molecular complexity index is 801. The predicted molar refractivity (Wildman–Crippen MR) is 70.7 cm³/mol. The molecule has 19 heavy (non-hydrogen) atoms. The molecule has 0 aliphatic heterocycles. The summed E-state index contributed by atoms with van der Waals surface area (Å²) in [5, 5.41) is 4.30. The van der Waals surface area contributed by atoms with E-state index in [2.05, 4.69) is 10.3 Å². The highest BCUT2D eigenvalue weighted by atomic mass is 32.1. The summed E-state index contributed by atoms with van der Waals surface area (Å²) in [6.07, 6.45) is 3.02. The SMILES string of the molecule is Cc1nc2sccn2c(=O)c1NC(=O)c1ccco1. The van der Waals surface area contributed by atoms with Crippen LogP contribution in [0.1, 0.15) is 16.2 Å². The zero-order valence-electron chi connectivity index (χ0n) is 9.91. The third kappa shape index (κ3) is 1.93. The van der Waals surface area contributed by atoms with Crippen LogP contribution in [0, 0.1) is 6.92 Å². The van der Waals surface area contributed by atoms with Gasteiger partial charge in [-0.2, -0.15) is 0 Å². The van der Waals surface area contributed by atoms with Crippen molar-refractivity contribution in [3.05, 3.63) is 51.8 Å². The molecular weight excluding hydrogens is 266 g/mol. The third-order valence-electron chi connectivity index (χ3n) is 2.63. The van der Waals surface area contributed by atoms with E-state index in [0.717, 1.165) is 0 Å². The molecule has 1 amide bonds. The summed E-state index contributed by atoms with van der Waals surface area (Å²) in [4.78, 5) is 28.9. The fraction of sp³-hybridized carbons (Fsp3) is 0.0833. The Morgan fingerprint density at radius 1 is 1.53 bits per heavy atom. The van der Waals surface area contributed by atoms with E-state index < -0.39 is 5.91 Å². The Labute approximate surface area is 111 Å². The van der Waals surface area contributed by atoms with Crippen molar-refractivity contribution < 1.29 is 9.21 Å². The van der Waals surface area contributed by atoms with E-state index in [1.165, 1.54) is 28.1 Å². The largest absolute Gasteiger partial charge is 0.459 e. The maximum atomic E-state index is 12.2. The molecule has 0 radical (unpaired) electrons. The first-order valence-electron chi connectivity index (χ1n) is 5.48. The number of aryl methyl sites for hydroxylation is 1. The second-order valence-electron chi connectivity index (χ2n) is 3.86. The number of hydrogen-bond donors (Lipinski definition) is 1. The monoisotopic (exact) mass is 275 g/mol. The first kappa shape index (κ1) is 11.7. The standard InChI is InChI=1S/C12H9N3O3S/c1-7-9(14-10(16)8-3-2-5-18-8)11(17)15-4-6-19-12(15)13-7/h2-6H,1H3,(H,14,16). The van der Waals surface area contributed by atoms with Crippen molar-refractivity contribution in [1.29, 1.82) is 0 Å². The minimum absolute atomic E-state index is 0.147. The number of aromatic nitrogens is 2. The minimum Gasteiger partial charge on any atom is -0.459 e. The second-order valence-corrected chi connectivity index (χ2v) is 4.74. The van der Waals surface area contributed by atoms with Crippen molar-refractivity contribution in [2.24, 2.45) is 0 Å². The first-order valence-corrected chi connectivity index (χ1v) is 6.36. The number of amides is 1. The van der Waals surface area contributed by atoms with Gasteiger partial charge in [-0.25, -0.2) is 4.98 Å². The van der Waals surface area contributed by atoms with E-state index in [9.17, 15) is 9.59 Å². The van der Waals surface area contributed by atoms with Gasteiger partial charge in [-0.05, 0) is 19.1 Å². The molecule has 0 spiro atoms. The fourth-order valence-electron chi connectivity index (χ4n) is 1.71. The van der Waals surface area contributed by atoms with Gasteiger partial charge < -0.3 is 9.73 Å². The number of anilines is 1. The van der Waals surface area contributed by atoms with Crippen molar-refractivity contribution in [3.63, 3.8) is 0 Å². The van der Waals surface area contributed by atoms with Crippen molar-refractivity contribution in [2.75, 3.05) is 5.32 Å². The summed E-state index contributed by atoms with van der Waals surface area (Å²) in [5.41, 5.74) is 0.341. The third-order valence-corrected chi connectivity index (χ3v) is 3.39. The second kappa shape index (κ2) is 4.36. The number of carbonyl (C=O) groups is 1. The molecule has 0 fully saturated rings. The summed E-state index contributed by atoms with van der Waals surface area (Å²) < 4.78 is 6.38. The zero-order chi connectivity index (χ0) is 13.4. The van der Waals surface area contributed by atoms with Crippen molar-refractivity contribution in [2.45, 2.75) is 6.92 Å². The highest BCUT2D eigenvalue weighted by Crippen LogP contribution is 2.13. The van der Waals surface area contributed by atoms with Gasteiger partial charge in [0.25, 0.3) is 11.5 Å². The van der Waals surface area contributed by atoms with Gasteiger partial charge in [0, 0.05) is 11.6 Å². The highest BCUT2D eigenvalue weighted by Gasteiger charge is 2.15. The van der Waals surface area contributed by atoms with Gasteiger partial charge in [-0.1, -0.05) is 0 Å². The molecule has 96 valence electrons. The summed E-state index contributed by atoms with van der Waals surface area (Å²) in [6.45, 7) is 1.68. The molecule has 0 bridgehead atoms. The van der Waals surface area contributed by atoms with Crippen LogP contribution in [0.25, 0.3) is 4.96 Å². The van der Waals surface area contributed by atoms with Crippen LogP contribution in [-0.4, -0.2) is 15.3 Å². The van der Waals surface area contributed by atoms with E-state index in [-0.39, 0.29) is 17.0 Å². The van der Waals surface area contributed by atoms with E-state index in [0.29, 0.717) is 10.7 Å². The first-order chi connectivity index (χ1) is 9.16. The number of rotatable bonds is 2. The summed E-state index contributed by atoms with van der Waals surface area (Å²) in [7, 11) is 0.